The average Bonchev–Trinajstić information content (AvgIpc) is 2.75. The van der Waals surface area contributed by atoms with Crippen LogP contribution in [0, 0.1) is 12.7 Å². The smallest absolute Gasteiger partial charge is 0.207 e. The maximum Gasteiger partial charge on any atom is 0.276 e. The molecule has 100 valence electrons. The molecule has 0 bridgehead atoms. The molecule has 4 nitrogen and oxygen atoms in total. The number of aryl methyl sites for hydroxylation is 1. The van der Waals surface area contributed by atoms with Crippen molar-refractivity contribution in [3.63, 3.8) is 0 Å². The summed E-state index contributed by atoms with van der Waals surface area (Å²) in [5.74, 6) is -0.489. The Morgan fingerprint density at radius 1 is 1.26 bits per heavy atom. The quantitative estimate of drug-likeness (QED) is 0.696. The van der Waals surface area contributed by atoms with Crippen molar-refractivity contribution in [3.8, 4) is 0 Å². The number of thiophene rings is 1. The van der Waals surface area contributed by atoms with Gasteiger partial charge in [-0.2, -0.15) is 13.5 Å². The maximum absolute atomic E-state index is 12.7. The zero-order valence-corrected chi connectivity index (χ0v) is 11.6. The van der Waals surface area contributed by atoms with Crippen molar-refractivity contribution >= 4 is 27.6 Å². The molecule has 0 saturated carbocycles. The fourth-order valence-electron chi connectivity index (χ4n) is 1.34. The normalized spacial score (nSPS) is 11.9. The van der Waals surface area contributed by atoms with Gasteiger partial charge in [-0.05, 0) is 48.2 Å². The van der Waals surface area contributed by atoms with Crippen molar-refractivity contribution in [2.45, 2.75) is 11.8 Å². The van der Waals surface area contributed by atoms with Gasteiger partial charge in [0.2, 0.25) is 0 Å². The lowest BCUT2D eigenvalue weighted by molar-refractivity contribution is 0.583. The summed E-state index contributed by atoms with van der Waals surface area (Å²) in [7, 11) is -3.75. The Bertz CT molecular complexity index is 691. The van der Waals surface area contributed by atoms with Gasteiger partial charge in [0.05, 0.1) is 16.0 Å². The Balaban J connectivity index is 2.12. The van der Waals surface area contributed by atoms with E-state index in [1.807, 2.05) is 18.4 Å². The van der Waals surface area contributed by atoms with E-state index in [9.17, 15) is 12.8 Å². The maximum atomic E-state index is 12.7. The van der Waals surface area contributed by atoms with E-state index >= 15 is 0 Å². The molecule has 0 spiro atoms. The van der Waals surface area contributed by atoms with Crippen molar-refractivity contribution in [2.24, 2.45) is 5.10 Å². The first kappa shape index (κ1) is 13.7. The van der Waals surface area contributed by atoms with Crippen molar-refractivity contribution in [1.29, 1.82) is 0 Å². The molecule has 0 unspecified atom stereocenters. The summed E-state index contributed by atoms with van der Waals surface area (Å²) in [4.78, 5) is 2.93. The van der Waals surface area contributed by atoms with Gasteiger partial charge < -0.3 is 0 Å². The van der Waals surface area contributed by atoms with Crippen LogP contribution in [0.25, 0.3) is 0 Å². The molecule has 0 atom stereocenters. The van der Waals surface area contributed by atoms with Gasteiger partial charge in [0.15, 0.2) is 0 Å². The Morgan fingerprint density at radius 2 is 1.95 bits per heavy atom. The molecule has 19 heavy (non-hydrogen) atoms. The summed E-state index contributed by atoms with van der Waals surface area (Å²) in [5, 5.41) is 5.59. The topological polar surface area (TPSA) is 58.5 Å². The summed E-state index contributed by atoms with van der Waals surface area (Å²) in [6.45, 7) is 1.91. The second-order valence-electron chi connectivity index (χ2n) is 3.77. The van der Waals surface area contributed by atoms with Crippen molar-refractivity contribution in [2.75, 3.05) is 0 Å². The monoisotopic (exact) mass is 298 g/mol. The van der Waals surface area contributed by atoms with Crippen molar-refractivity contribution in [3.05, 3.63) is 52.0 Å². The zero-order valence-electron chi connectivity index (χ0n) is 10.00. The third kappa shape index (κ3) is 3.39. The molecule has 0 radical (unpaired) electrons. The van der Waals surface area contributed by atoms with E-state index < -0.39 is 15.8 Å². The molecule has 1 aromatic carbocycles. The van der Waals surface area contributed by atoms with Gasteiger partial charge in [0.25, 0.3) is 10.0 Å². The number of nitrogens with zero attached hydrogens (tertiary/aromatic N) is 1. The fraction of sp³-hybridized carbons (Fsp3) is 0.0833. The molecule has 0 fully saturated rings. The van der Waals surface area contributed by atoms with Crippen LogP contribution in [-0.2, 0) is 10.0 Å². The van der Waals surface area contributed by atoms with Gasteiger partial charge in [-0.25, -0.2) is 9.22 Å². The lowest BCUT2D eigenvalue weighted by Crippen LogP contribution is -2.18. The molecule has 0 amide bonds. The van der Waals surface area contributed by atoms with Crippen LogP contribution in [0.5, 0.6) is 0 Å². The predicted molar refractivity (Wildman–Crippen MR) is 73.4 cm³/mol. The Labute approximate surface area is 114 Å². The summed E-state index contributed by atoms with van der Waals surface area (Å²) in [5.41, 5.74) is 1.02. The van der Waals surface area contributed by atoms with Crippen LogP contribution in [0.1, 0.15) is 10.4 Å². The number of rotatable bonds is 4. The van der Waals surface area contributed by atoms with E-state index in [1.54, 1.807) is 0 Å². The zero-order chi connectivity index (χ0) is 13.9. The molecule has 1 aromatic heterocycles. The van der Waals surface area contributed by atoms with E-state index in [0.717, 1.165) is 22.6 Å². The molecule has 0 aliphatic carbocycles. The largest absolute Gasteiger partial charge is 0.276 e. The van der Waals surface area contributed by atoms with E-state index in [0.29, 0.717) is 0 Å². The SMILES string of the molecule is Cc1ccsc1/C=N/NS(=O)(=O)c1ccc(F)cc1. The fourth-order valence-corrected chi connectivity index (χ4v) is 2.92. The summed E-state index contributed by atoms with van der Waals surface area (Å²) in [6.07, 6.45) is 1.45. The molecular formula is C12H11FN2O2S2. The molecule has 1 N–H and O–H groups in total. The first-order chi connectivity index (χ1) is 8.99. The highest BCUT2D eigenvalue weighted by atomic mass is 32.2. The Morgan fingerprint density at radius 3 is 2.53 bits per heavy atom. The first-order valence-electron chi connectivity index (χ1n) is 5.33. The number of hydrazone groups is 1. The van der Waals surface area contributed by atoms with Gasteiger partial charge >= 0.3 is 0 Å². The van der Waals surface area contributed by atoms with E-state index in [4.69, 9.17) is 0 Å². The molecule has 0 aliphatic heterocycles. The molecule has 0 saturated heterocycles. The van der Waals surface area contributed by atoms with Crippen LogP contribution in [0.3, 0.4) is 0 Å². The first-order valence-corrected chi connectivity index (χ1v) is 7.70. The van der Waals surface area contributed by atoms with Crippen LogP contribution in [-0.4, -0.2) is 14.6 Å². The second-order valence-corrected chi connectivity index (χ2v) is 6.38. The minimum atomic E-state index is -3.75. The Kier molecular flexibility index (Phi) is 3.96. The molecular weight excluding hydrogens is 287 g/mol. The van der Waals surface area contributed by atoms with Crippen LogP contribution < -0.4 is 4.83 Å². The molecule has 2 rings (SSSR count). The lowest BCUT2D eigenvalue weighted by Gasteiger charge is -2.02. The van der Waals surface area contributed by atoms with Crippen LogP contribution in [0.4, 0.5) is 4.39 Å². The lowest BCUT2D eigenvalue weighted by atomic mass is 10.3. The minimum Gasteiger partial charge on any atom is -0.207 e. The number of halogens is 1. The van der Waals surface area contributed by atoms with Crippen molar-refractivity contribution in [1.82, 2.24) is 4.83 Å². The number of sulfonamides is 1. The Hall–Kier alpha value is -1.73. The molecule has 2 aromatic rings. The average molecular weight is 298 g/mol. The summed E-state index contributed by atoms with van der Waals surface area (Å²) < 4.78 is 36.3. The van der Waals surface area contributed by atoms with Crippen LogP contribution in [0.2, 0.25) is 0 Å². The summed E-state index contributed by atoms with van der Waals surface area (Å²) >= 11 is 1.46. The van der Waals surface area contributed by atoms with E-state index in [-0.39, 0.29) is 4.90 Å². The second kappa shape index (κ2) is 5.50. The third-order valence-corrected chi connectivity index (χ3v) is 4.57. The number of benzene rings is 1. The highest BCUT2D eigenvalue weighted by Gasteiger charge is 2.12. The van der Waals surface area contributed by atoms with Gasteiger partial charge in [0, 0.05) is 0 Å². The third-order valence-electron chi connectivity index (χ3n) is 2.38. The number of hydrogen-bond acceptors (Lipinski definition) is 4. The van der Waals surface area contributed by atoms with Gasteiger partial charge in [-0.1, -0.05) is 0 Å². The van der Waals surface area contributed by atoms with E-state index in [1.165, 1.54) is 29.7 Å². The van der Waals surface area contributed by atoms with Gasteiger partial charge in [-0.3, -0.25) is 0 Å². The minimum absolute atomic E-state index is 0.0334. The van der Waals surface area contributed by atoms with Gasteiger partial charge in [-0.15, -0.1) is 11.3 Å². The highest BCUT2D eigenvalue weighted by molar-refractivity contribution is 7.89. The van der Waals surface area contributed by atoms with E-state index in [2.05, 4.69) is 9.93 Å². The summed E-state index contributed by atoms with van der Waals surface area (Å²) in [6, 6.07) is 6.46. The number of hydrogen-bond donors (Lipinski definition) is 1. The standard InChI is InChI=1S/C12H11FN2O2S2/c1-9-6-7-18-12(9)8-14-15-19(16,17)11-4-2-10(13)3-5-11/h2-8,15H,1H3/b14-8+. The molecule has 0 aliphatic rings. The van der Waals surface area contributed by atoms with Gasteiger partial charge in [0.1, 0.15) is 5.82 Å². The molecule has 7 heteroatoms. The highest BCUT2D eigenvalue weighted by Crippen LogP contribution is 2.13. The van der Waals surface area contributed by atoms with Crippen LogP contribution in [0.15, 0.2) is 45.7 Å². The predicted octanol–water partition coefficient (Wildman–Crippen LogP) is 2.51. The van der Waals surface area contributed by atoms with Crippen molar-refractivity contribution < 1.29 is 12.8 Å². The van der Waals surface area contributed by atoms with Crippen LogP contribution >= 0.6 is 11.3 Å². The number of nitrogens with one attached hydrogen (secondary N) is 1. The molecule has 1 heterocycles.